The third-order valence-electron chi connectivity index (χ3n) is 2.39. The van der Waals surface area contributed by atoms with Crippen molar-refractivity contribution in [2.24, 2.45) is 5.73 Å². The molecule has 5 nitrogen and oxygen atoms in total. The molecule has 1 aromatic rings. The normalized spacial score (nSPS) is 9.89. The standard InChI is InChI=1S/C12H17FN4O/c1-2-3-5-8-6-4-7-9(13)10(8)16-12(18)17-11(14)15/h4,6-7H,2-3,5H2,1H3,(H5,14,15,16,17,18). The topological polar surface area (TPSA) is 91.0 Å². The number of benzene rings is 1. The van der Waals surface area contributed by atoms with Crippen LogP contribution >= 0.6 is 0 Å². The highest BCUT2D eigenvalue weighted by Gasteiger charge is 2.11. The van der Waals surface area contributed by atoms with Crippen LogP contribution < -0.4 is 16.4 Å². The Morgan fingerprint density at radius 1 is 1.50 bits per heavy atom. The molecule has 1 rings (SSSR count). The number of hydrogen-bond acceptors (Lipinski definition) is 2. The Labute approximate surface area is 105 Å². The first kappa shape index (κ1) is 14.0. The molecule has 18 heavy (non-hydrogen) atoms. The van der Waals surface area contributed by atoms with Gasteiger partial charge in [-0.05, 0) is 24.5 Å². The molecule has 0 atom stereocenters. The van der Waals surface area contributed by atoms with Crippen molar-refractivity contribution < 1.29 is 9.18 Å². The van der Waals surface area contributed by atoms with E-state index in [0.717, 1.165) is 18.4 Å². The molecule has 0 unspecified atom stereocenters. The molecule has 0 heterocycles. The van der Waals surface area contributed by atoms with Gasteiger partial charge >= 0.3 is 6.03 Å². The molecule has 0 aromatic heterocycles. The van der Waals surface area contributed by atoms with Crippen LogP contribution in [0.4, 0.5) is 14.9 Å². The van der Waals surface area contributed by atoms with E-state index in [1.807, 2.05) is 12.2 Å². The summed E-state index contributed by atoms with van der Waals surface area (Å²) in [6.07, 6.45) is 2.58. The Kier molecular flexibility index (Phi) is 5.10. The van der Waals surface area contributed by atoms with Crippen molar-refractivity contribution in [1.82, 2.24) is 5.32 Å². The molecular weight excluding hydrogens is 235 g/mol. The lowest BCUT2D eigenvalue weighted by Gasteiger charge is -2.12. The van der Waals surface area contributed by atoms with E-state index in [1.54, 1.807) is 12.1 Å². The fourth-order valence-corrected chi connectivity index (χ4v) is 1.55. The summed E-state index contributed by atoms with van der Waals surface area (Å²) in [4.78, 5) is 11.4. The van der Waals surface area contributed by atoms with E-state index in [2.05, 4.69) is 5.32 Å². The molecule has 0 saturated carbocycles. The maximum atomic E-state index is 13.6. The van der Waals surface area contributed by atoms with Gasteiger partial charge in [0.25, 0.3) is 0 Å². The number of para-hydroxylation sites is 1. The second-order valence-electron chi connectivity index (χ2n) is 3.87. The Morgan fingerprint density at radius 3 is 2.83 bits per heavy atom. The number of guanidine groups is 1. The van der Waals surface area contributed by atoms with E-state index in [0.29, 0.717) is 6.42 Å². The number of nitrogens with one attached hydrogen (secondary N) is 3. The fourth-order valence-electron chi connectivity index (χ4n) is 1.55. The molecule has 5 N–H and O–H groups in total. The van der Waals surface area contributed by atoms with E-state index in [9.17, 15) is 9.18 Å². The maximum absolute atomic E-state index is 13.6. The zero-order valence-corrected chi connectivity index (χ0v) is 10.2. The number of halogens is 1. The molecule has 0 spiro atoms. The number of carbonyl (C=O) groups is 1. The molecule has 98 valence electrons. The van der Waals surface area contributed by atoms with Crippen LogP contribution in [0.5, 0.6) is 0 Å². The summed E-state index contributed by atoms with van der Waals surface area (Å²) < 4.78 is 13.6. The predicted octanol–water partition coefficient (Wildman–Crippen LogP) is 2.18. The summed E-state index contributed by atoms with van der Waals surface area (Å²) in [6, 6.07) is 3.93. The Balaban J connectivity index is 2.85. The zero-order valence-electron chi connectivity index (χ0n) is 10.2. The number of urea groups is 1. The number of unbranched alkanes of at least 4 members (excludes halogenated alkanes) is 1. The molecule has 0 saturated heterocycles. The van der Waals surface area contributed by atoms with Crippen LogP contribution in [0.2, 0.25) is 0 Å². The molecule has 0 bridgehead atoms. The van der Waals surface area contributed by atoms with E-state index in [-0.39, 0.29) is 5.69 Å². The first-order chi connectivity index (χ1) is 8.54. The van der Waals surface area contributed by atoms with Gasteiger partial charge in [-0.1, -0.05) is 25.5 Å². The number of aryl methyl sites for hydroxylation is 1. The van der Waals surface area contributed by atoms with E-state index >= 15 is 0 Å². The van der Waals surface area contributed by atoms with E-state index in [1.165, 1.54) is 6.07 Å². The average Bonchev–Trinajstić information content (AvgIpc) is 2.29. The van der Waals surface area contributed by atoms with Crippen LogP contribution in [0.25, 0.3) is 0 Å². The summed E-state index contributed by atoms with van der Waals surface area (Å²) >= 11 is 0. The smallest absolute Gasteiger partial charge is 0.326 e. The van der Waals surface area contributed by atoms with Gasteiger partial charge in [0, 0.05) is 0 Å². The molecule has 0 aliphatic heterocycles. The van der Waals surface area contributed by atoms with Gasteiger partial charge in [0.05, 0.1) is 5.69 Å². The zero-order chi connectivity index (χ0) is 13.5. The number of nitrogens with two attached hydrogens (primary N) is 1. The van der Waals surface area contributed by atoms with Gasteiger partial charge in [-0.15, -0.1) is 0 Å². The van der Waals surface area contributed by atoms with E-state index < -0.39 is 17.8 Å². The molecule has 1 aromatic carbocycles. The third kappa shape index (κ3) is 4.04. The Hall–Kier alpha value is -2.11. The van der Waals surface area contributed by atoms with Gasteiger partial charge in [0.1, 0.15) is 5.82 Å². The largest absolute Gasteiger partial charge is 0.370 e. The molecule has 0 radical (unpaired) electrons. The van der Waals surface area contributed by atoms with Crippen LogP contribution in [-0.4, -0.2) is 12.0 Å². The van der Waals surface area contributed by atoms with Crippen molar-refractivity contribution in [2.75, 3.05) is 5.32 Å². The van der Waals surface area contributed by atoms with Crippen molar-refractivity contribution in [2.45, 2.75) is 26.2 Å². The SMILES string of the molecule is CCCCc1cccc(F)c1NC(=O)NC(=N)N. The third-order valence-corrected chi connectivity index (χ3v) is 2.39. The lowest BCUT2D eigenvalue weighted by Crippen LogP contribution is -2.39. The second kappa shape index (κ2) is 6.58. The van der Waals surface area contributed by atoms with Gasteiger partial charge in [-0.2, -0.15) is 0 Å². The first-order valence-corrected chi connectivity index (χ1v) is 5.74. The highest BCUT2D eigenvalue weighted by molar-refractivity contribution is 6.01. The van der Waals surface area contributed by atoms with Crippen molar-refractivity contribution in [3.05, 3.63) is 29.6 Å². The van der Waals surface area contributed by atoms with Crippen molar-refractivity contribution in [3.8, 4) is 0 Å². The highest BCUT2D eigenvalue weighted by atomic mass is 19.1. The van der Waals surface area contributed by atoms with Gasteiger partial charge < -0.3 is 11.1 Å². The van der Waals surface area contributed by atoms with Crippen LogP contribution in [-0.2, 0) is 6.42 Å². The van der Waals surface area contributed by atoms with Crippen LogP contribution in [0.15, 0.2) is 18.2 Å². The van der Waals surface area contributed by atoms with Gasteiger partial charge in [-0.3, -0.25) is 10.7 Å². The number of hydrogen-bond donors (Lipinski definition) is 4. The lowest BCUT2D eigenvalue weighted by molar-refractivity contribution is 0.256. The quantitative estimate of drug-likeness (QED) is 0.488. The Morgan fingerprint density at radius 2 is 2.22 bits per heavy atom. The number of anilines is 1. The number of rotatable bonds is 4. The average molecular weight is 252 g/mol. The van der Waals surface area contributed by atoms with Gasteiger partial charge in [0.15, 0.2) is 5.96 Å². The molecule has 0 fully saturated rings. The van der Waals surface area contributed by atoms with Crippen LogP contribution in [0, 0.1) is 11.2 Å². The van der Waals surface area contributed by atoms with E-state index in [4.69, 9.17) is 11.1 Å². The molecule has 0 aliphatic rings. The van der Waals surface area contributed by atoms with Gasteiger partial charge in [-0.25, -0.2) is 9.18 Å². The minimum Gasteiger partial charge on any atom is -0.370 e. The van der Waals surface area contributed by atoms with Gasteiger partial charge in [0.2, 0.25) is 0 Å². The van der Waals surface area contributed by atoms with Crippen molar-refractivity contribution >= 4 is 17.7 Å². The lowest BCUT2D eigenvalue weighted by atomic mass is 10.1. The summed E-state index contributed by atoms with van der Waals surface area (Å²) in [5, 5.41) is 11.3. The van der Waals surface area contributed by atoms with Crippen molar-refractivity contribution in [1.29, 1.82) is 5.41 Å². The van der Waals surface area contributed by atoms with Crippen LogP contribution in [0.3, 0.4) is 0 Å². The summed E-state index contributed by atoms with van der Waals surface area (Å²) in [5.41, 5.74) is 5.90. The van der Waals surface area contributed by atoms with Crippen LogP contribution in [0.1, 0.15) is 25.3 Å². The highest BCUT2D eigenvalue weighted by Crippen LogP contribution is 2.21. The number of amides is 2. The fraction of sp³-hybridized carbons (Fsp3) is 0.333. The molecule has 2 amide bonds. The summed E-state index contributed by atoms with van der Waals surface area (Å²) in [7, 11) is 0. The van der Waals surface area contributed by atoms with Crippen molar-refractivity contribution in [3.63, 3.8) is 0 Å². The minimum atomic E-state index is -0.717. The predicted molar refractivity (Wildman–Crippen MR) is 69.1 cm³/mol. The molecular formula is C12H17FN4O. The second-order valence-corrected chi connectivity index (χ2v) is 3.87. The Bertz CT molecular complexity index is 448. The molecule has 6 heteroatoms. The number of carbonyl (C=O) groups excluding carboxylic acids is 1. The minimum absolute atomic E-state index is 0.143. The maximum Gasteiger partial charge on any atom is 0.326 e. The molecule has 0 aliphatic carbocycles. The monoisotopic (exact) mass is 252 g/mol. The summed E-state index contributed by atoms with van der Waals surface area (Å²) in [6.45, 7) is 2.04. The first-order valence-electron chi connectivity index (χ1n) is 5.74. The summed E-state index contributed by atoms with van der Waals surface area (Å²) in [5.74, 6) is -0.985.